The van der Waals surface area contributed by atoms with Crippen molar-refractivity contribution in [2.45, 2.75) is 26.4 Å². The fourth-order valence-electron chi connectivity index (χ4n) is 3.31. The van der Waals surface area contributed by atoms with E-state index >= 15 is 0 Å². The van der Waals surface area contributed by atoms with Crippen LogP contribution < -0.4 is 21.5 Å². The number of nitrogens with two attached hydrogens (primary N) is 1. The third-order valence-corrected chi connectivity index (χ3v) is 4.91. The van der Waals surface area contributed by atoms with Crippen LogP contribution in [0, 0.1) is 5.82 Å². The molecule has 0 aliphatic rings. The number of ether oxygens (including phenoxy) is 1. The Labute approximate surface area is 204 Å². The first kappa shape index (κ1) is 24.3. The average molecular weight is 494 g/mol. The van der Waals surface area contributed by atoms with Gasteiger partial charge in [-0.3, -0.25) is 19.1 Å². The molecule has 0 fully saturated rings. The monoisotopic (exact) mass is 494 g/mol. The van der Waals surface area contributed by atoms with Gasteiger partial charge < -0.3 is 15.8 Å². The molecule has 36 heavy (non-hydrogen) atoms. The number of aromatic nitrogens is 5. The summed E-state index contributed by atoms with van der Waals surface area (Å²) in [5.74, 6) is -1.58. The lowest BCUT2D eigenvalue weighted by Crippen LogP contribution is -2.34. The number of imidazole rings is 1. The first-order valence-electron chi connectivity index (χ1n) is 10.7. The lowest BCUT2D eigenvalue weighted by atomic mass is 10.2. The zero-order valence-electron chi connectivity index (χ0n) is 19.9. The molecule has 4 rings (SSSR count). The van der Waals surface area contributed by atoms with Gasteiger partial charge in [0.2, 0.25) is 0 Å². The molecule has 0 aromatic carbocycles. The van der Waals surface area contributed by atoms with E-state index in [1.807, 2.05) is 0 Å². The average Bonchev–Trinajstić information content (AvgIpc) is 3.23. The third-order valence-electron chi connectivity index (χ3n) is 4.91. The van der Waals surface area contributed by atoms with Gasteiger partial charge in [0.1, 0.15) is 17.0 Å². The molecule has 4 heterocycles. The maximum Gasteiger partial charge on any atom is 0.414 e. The summed E-state index contributed by atoms with van der Waals surface area (Å²) in [5.41, 5.74) is 4.44. The SMILES string of the molecule is CN(C(=O)OC(C)(C)C)c1cc(Nc2cccn(-c3ncccc3F)c2=O)nn2c(C(N)=O)cnc12. The Hall–Kier alpha value is -4.81. The first-order chi connectivity index (χ1) is 17.0. The van der Waals surface area contributed by atoms with E-state index in [9.17, 15) is 18.8 Å². The molecule has 3 N–H and O–H groups in total. The Morgan fingerprint density at radius 2 is 1.94 bits per heavy atom. The van der Waals surface area contributed by atoms with Crippen LogP contribution in [0.15, 0.2) is 53.7 Å². The number of nitrogens with one attached hydrogen (secondary N) is 1. The van der Waals surface area contributed by atoms with Gasteiger partial charge in [-0.15, -0.1) is 5.10 Å². The van der Waals surface area contributed by atoms with Gasteiger partial charge in [-0.05, 0) is 45.0 Å². The number of anilines is 3. The van der Waals surface area contributed by atoms with E-state index in [2.05, 4.69) is 20.4 Å². The molecule has 13 heteroatoms. The van der Waals surface area contributed by atoms with Crippen molar-refractivity contribution >= 4 is 34.8 Å². The van der Waals surface area contributed by atoms with E-state index in [-0.39, 0.29) is 34.4 Å². The van der Waals surface area contributed by atoms with Crippen molar-refractivity contribution in [2.75, 3.05) is 17.3 Å². The molecule has 0 unspecified atom stereocenters. The van der Waals surface area contributed by atoms with Crippen LogP contribution in [-0.4, -0.2) is 48.8 Å². The zero-order chi connectivity index (χ0) is 26.2. The smallest absolute Gasteiger partial charge is 0.414 e. The van der Waals surface area contributed by atoms with Gasteiger partial charge in [0.15, 0.2) is 23.1 Å². The molecule has 186 valence electrons. The standard InChI is InChI=1S/C23H23FN8O4/c1-23(2,3)36-22(35)30(4)15-11-17(29-32-16(18(25)33)12-27-20(15)32)28-14-8-6-10-31(21(14)34)19-13(24)7-5-9-26-19/h5-12H,1-4H3,(H2,25,33)(H,28,29). The highest BCUT2D eigenvalue weighted by molar-refractivity contribution is 5.96. The highest BCUT2D eigenvalue weighted by atomic mass is 19.1. The second-order valence-corrected chi connectivity index (χ2v) is 8.73. The van der Waals surface area contributed by atoms with Crippen LogP contribution in [0.25, 0.3) is 11.5 Å². The minimum atomic E-state index is -0.800. The molecule has 0 bridgehead atoms. The molecular formula is C23H23FN8O4. The summed E-state index contributed by atoms with van der Waals surface area (Å²) in [7, 11) is 1.46. The van der Waals surface area contributed by atoms with E-state index < -0.39 is 29.0 Å². The number of halogens is 1. The van der Waals surface area contributed by atoms with Crippen LogP contribution in [0.4, 0.5) is 26.4 Å². The number of amides is 2. The highest BCUT2D eigenvalue weighted by Crippen LogP contribution is 2.26. The second kappa shape index (κ2) is 9.09. The van der Waals surface area contributed by atoms with Gasteiger partial charge in [-0.1, -0.05) is 0 Å². The first-order valence-corrected chi connectivity index (χ1v) is 10.7. The summed E-state index contributed by atoms with van der Waals surface area (Å²) in [6, 6.07) is 7.04. The number of nitrogens with zero attached hydrogens (tertiary/aromatic N) is 6. The van der Waals surface area contributed by atoms with E-state index in [4.69, 9.17) is 10.5 Å². The molecule has 0 aliphatic carbocycles. The Balaban J connectivity index is 1.81. The lowest BCUT2D eigenvalue weighted by Gasteiger charge is -2.25. The van der Waals surface area contributed by atoms with Crippen molar-refractivity contribution < 1.29 is 18.7 Å². The van der Waals surface area contributed by atoms with Crippen molar-refractivity contribution in [2.24, 2.45) is 5.73 Å². The molecular weight excluding hydrogens is 471 g/mol. The molecule has 4 aromatic heterocycles. The normalized spacial score (nSPS) is 11.4. The fraction of sp³-hybridized carbons (Fsp3) is 0.217. The maximum absolute atomic E-state index is 14.2. The van der Waals surface area contributed by atoms with E-state index in [0.29, 0.717) is 0 Å². The lowest BCUT2D eigenvalue weighted by molar-refractivity contribution is 0.0589. The van der Waals surface area contributed by atoms with Crippen LogP contribution in [0.5, 0.6) is 0 Å². The molecule has 4 aromatic rings. The number of rotatable bonds is 5. The van der Waals surface area contributed by atoms with Gasteiger partial charge in [0.25, 0.3) is 11.5 Å². The summed E-state index contributed by atoms with van der Waals surface area (Å²) in [6.07, 6.45) is 3.28. The summed E-state index contributed by atoms with van der Waals surface area (Å²) >= 11 is 0. The van der Waals surface area contributed by atoms with Crippen LogP contribution >= 0.6 is 0 Å². The maximum atomic E-state index is 14.2. The number of carbonyl (C=O) groups is 2. The number of primary amides is 1. The largest absolute Gasteiger partial charge is 0.443 e. The molecule has 0 aliphatic heterocycles. The van der Waals surface area contributed by atoms with Gasteiger partial charge in [-0.25, -0.2) is 23.7 Å². The van der Waals surface area contributed by atoms with Crippen LogP contribution in [0.3, 0.4) is 0 Å². The van der Waals surface area contributed by atoms with Gasteiger partial charge in [0.05, 0.1) is 11.9 Å². The van der Waals surface area contributed by atoms with Gasteiger partial charge >= 0.3 is 6.09 Å². The highest BCUT2D eigenvalue weighted by Gasteiger charge is 2.25. The second-order valence-electron chi connectivity index (χ2n) is 8.73. The van der Waals surface area contributed by atoms with Crippen molar-refractivity contribution in [3.8, 4) is 5.82 Å². The van der Waals surface area contributed by atoms with E-state index in [1.54, 1.807) is 20.8 Å². The molecule has 0 atom stereocenters. The van der Waals surface area contributed by atoms with Crippen LogP contribution in [0.1, 0.15) is 31.3 Å². The molecule has 0 radical (unpaired) electrons. The molecule has 0 saturated carbocycles. The summed E-state index contributed by atoms with van der Waals surface area (Å²) in [5, 5.41) is 7.17. The molecule has 12 nitrogen and oxygen atoms in total. The summed E-state index contributed by atoms with van der Waals surface area (Å²) < 4.78 is 21.9. The Bertz CT molecular complexity index is 1540. The number of pyridine rings is 2. The van der Waals surface area contributed by atoms with E-state index in [0.717, 1.165) is 9.08 Å². The summed E-state index contributed by atoms with van der Waals surface area (Å²) in [4.78, 5) is 47.1. The molecule has 0 spiro atoms. The van der Waals surface area contributed by atoms with Crippen molar-refractivity contribution in [3.63, 3.8) is 0 Å². The molecule has 0 saturated heterocycles. The minimum absolute atomic E-state index is 0.0287. The predicted octanol–water partition coefficient (Wildman–Crippen LogP) is 2.63. The minimum Gasteiger partial charge on any atom is -0.443 e. The number of fused-ring (bicyclic) bond motifs is 1. The van der Waals surface area contributed by atoms with Crippen molar-refractivity contribution in [3.05, 3.63) is 70.8 Å². The summed E-state index contributed by atoms with van der Waals surface area (Å²) in [6.45, 7) is 5.16. The number of hydrogen-bond donors (Lipinski definition) is 2. The van der Waals surface area contributed by atoms with E-state index in [1.165, 1.54) is 60.9 Å². The Morgan fingerprint density at radius 1 is 1.19 bits per heavy atom. The third kappa shape index (κ3) is 4.71. The number of carbonyl (C=O) groups excluding carboxylic acids is 2. The topological polar surface area (TPSA) is 150 Å². The fourth-order valence-corrected chi connectivity index (χ4v) is 3.31. The van der Waals surface area contributed by atoms with Crippen LogP contribution in [-0.2, 0) is 4.74 Å². The van der Waals surface area contributed by atoms with Crippen molar-refractivity contribution in [1.29, 1.82) is 0 Å². The van der Waals surface area contributed by atoms with Gasteiger partial charge in [-0.2, -0.15) is 0 Å². The number of hydrogen-bond acceptors (Lipinski definition) is 8. The Morgan fingerprint density at radius 3 is 2.61 bits per heavy atom. The Kier molecular flexibility index (Phi) is 6.14. The quantitative estimate of drug-likeness (QED) is 0.430. The van der Waals surface area contributed by atoms with Crippen molar-refractivity contribution in [1.82, 2.24) is 24.1 Å². The van der Waals surface area contributed by atoms with Gasteiger partial charge in [0, 0.05) is 25.5 Å². The molecule has 2 amide bonds. The van der Waals surface area contributed by atoms with Crippen LogP contribution in [0.2, 0.25) is 0 Å². The predicted molar refractivity (Wildman–Crippen MR) is 129 cm³/mol. The zero-order valence-corrected chi connectivity index (χ0v) is 19.9.